The predicted molar refractivity (Wildman–Crippen MR) is 91.7 cm³/mol. The zero-order chi connectivity index (χ0) is 17.8. The van der Waals surface area contributed by atoms with Gasteiger partial charge in [-0.25, -0.2) is 4.68 Å². The van der Waals surface area contributed by atoms with Crippen molar-refractivity contribution in [3.63, 3.8) is 0 Å². The van der Waals surface area contributed by atoms with E-state index in [9.17, 15) is 4.79 Å². The molecule has 1 N–H and O–H groups in total. The number of amides is 1. The molecule has 0 aliphatic rings. The topological polar surface area (TPSA) is 91.2 Å². The van der Waals surface area contributed by atoms with Crippen LogP contribution in [0.25, 0.3) is 5.69 Å². The molecule has 0 saturated heterocycles. The van der Waals surface area contributed by atoms with Gasteiger partial charge in [0.25, 0.3) is 5.91 Å². The van der Waals surface area contributed by atoms with Crippen molar-refractivity contribution in [3.05, 3.63) is 53.3 Å². The first-order valence-corrected chi connectivity index (χ1v) is 7.56. The summed E-state index contributed by atoms with van der Waals surface area (Å²) in [5, 5.41) is 14.1. The zero-order valence-electron chi connectivity index (χ0n) is 13.4. The molecule has 25 heavy (non-hydrogen) atoms. The Bertz CT molecular complexity index is 882. The highest BCUT2D eigenvalue weighted by atomic mass is 35.5. The van der Waals surface area contributed by atoms with E-state index in [1.807, 2.05) is 0 Å². The van der Waals surface area contributed by atoms with Gasteiger partial charge < -0.3 is 14.8 Å². The molecular weight excluding hydrogens is 346 g/mol. The molecule has 0 saturated carbocycles. The molecule has 1 amide bonds. The second kappa shape index (κ2) is 7.18. The van der Waals surface area contributed by atoms with Gasteiger partial charge in [-0.2, -0.15) is 0 Å². The molecule has 0 atom stereocenters. The van der Waals surface area contributed by atoms with Crippen molar-refractivity contribution >= 4 is 23.2 Å². The molecule has 0 fully saturated rings. The van der Waals surface area contributed by atoms with Gasteiger partial charge in [-0.3, -0.25) is 4.79 Å². The number of anilines is 1. The fraction of sp³-hybridized carbons (Fsp3) is 0.125. The van der Waals surface area contributed by atoms with Crippen molar-refractivity contribution in [2.75, 3.05) is 19.5 Å². The van der Waals surface area contributed by atoms with E-state index in [1.165, 1.54) is 25.2 Å². The van der Waals surface area contributed by atoms with Gasteiger partial charge >= 0.3 is 0 Å². The van der Waals surface area contributed by atoms with Crippen molar-refractivity contribution in [1.29, 1.82) is 0 Å². The maximum Gasteiger partial charge on any atom is 0.255 e. The molecule has 128 valence electrons. The molecule has 0 aliphatic heterocycles. The Labute approximate surface area is 148 Å². The summed E-state index contributed by atoms with van der Waals surface area (Å²) in [7, 11) is 3.00. The number of carbonyl (C=O) groups is 1. The van der Waals surface area contributed by atoms with Crippen molar-refractivity contribution in [2.45, 2.75) is 0 Å². The molecule has 0 bridgehead atoms. The third kappa shape index (κ3) is 3.53. The maximum atomic E-state index is 12.5. The van der Waals surface area contributed by atoms with Gasteiger partial charge in [0.15, 0.2) is 0 Å². The van der Waals surface area contributed by atoms with E-state index in [4.69, 9.17) is 21.1 Å². The summed E-state index contributed by atoms with van der Waals surface area (Å²) in [5.41, 5.74) is 1.65. The molecular formula is C16H14ClN5O3. The maximum absolute atomic E-state index is 12.5. The summed E-state index contributed by atoms with van der Waals surface area (Å²) >= 11 is 6.11. The van der Waals surface area contributed by atoms with Crippen molar-refractivity contribution < 1.29 is 14.3 Å². The number of nitrogens with zero attached hydrogens (tertiary/aromatic N) is 4. The summed E-state index contributed by atoms with van der Waals surface area (Å²) in [6.45, 7) is 0. The molecule has 8 nitrogen and oxygen atoms in total. The SMILES string of the molecule is COc1cc(OC)c(NC(=O)c2ccc(-n3cnnn3)cc2)cc1Cl. The highest BCUT2D eigenvalue weighted by Gasteiger charge is 2.14. The van der Waals surface area contributed by atoms with E-state index in [1.54, 1.807) is 36.4 Å². The minimum absolute atomic E-state index is 0.303. The van der Waals surface area contributed by atoms with E-state index in [2.05, 4.69) is 20.8 Å². The molecule has 1 heterocycles. The Hall–Kier alpha value is -3.13. The Morgan fingerprint density at radius 1 is 1.12 bits per heavy atom. The van der Waals surface area contributed by atoms with Crippen LogP contribution >= 0.6 is 11.6 Å². The molecule has 9 heteroatoms. The highest BCUT2D eigenvalue weighted by molar-refractivity contribution is 6.32. The standard InChI is InChI=1S/C16H14ClN5O3/c1-24-14-8-15(25-2)13(7-12(14)17)19-16(23)10-3-5-11(6-4-10)22-9-18-20-21-22/h3-9H,1-2H3,(H,19,23). The van der Waals surface area contributed by atoms with Gasteiger partial charge in [-0.1, -0.05) is 11.6 Å². The molecule has 0 aliphatic carbocycles. The molecule has 1 aromatic heterocycles. The Balaban J connectivity index is 1.81. The fourth-order valence-electron chi connectivity index (χ4n) is 2.20. The van der Waals surface area contributed by atoms with Crippen molar-refractivity contribution in [2.24, 2.45) is 0 Å². The quantitative estimate of drug-likeness (QED) is 0.752. The Morgan fingerprint density at radius 3 is 2.44 bits per heavy atom. The smallest absolute Gasteiger partial charge is 0.255 e. The van der Waals surface area contributed by atoms with Gasteiger partial charge in [-0.05, 0) is 40.8 Å². The number of carbonyl (C=O) groups excluding carboxylic acids is 1. The number of nitrogens with one attached hydrogen (secondary N) is 1. The van der Waals surface area contributed by atoms with Gasteiger partial charge in [-0.15, -0.1) is 5.10 Å². The molecule has 3 aromatic rings. The number of methoxy groups -OCH3 is 2. The van der Waals surface area contributed by atoms with E-state index in [0.717, 1.165) is 5.69 Å². The van der Waals surface area contributed by atoms with Crippen LogP contribution < -0.4 is 14.8 Å². The second-order valence-corrected chi connectivity index (χ2v) is 5.35. The van der Waals surface area contributed by atoms with Crippen LogP contribution in [0.2, 0.25) is 5.02 Å². The summed E-state index contributed by atoms with van der Waals surface area (Å²) in [5.74, 6) is 0.602. The number of tetrazole rings is 1. The van der Waals surface area contributed by atoms with Crippen LogP contribution in [-0.2, 0) is 0 Å². The normalized spacial score (nSPS) is 10.4. The first-order chi connectivity index (χ1) is 12.1. The molecule has 3 rings (SSSR count). The van der Waals surface area contributed by atoms with E-state index in [0.29, 0.717) is 27.8 Å². The van der Waals surface area contributed by atoms with Crippen LogP contribution in [0.4, 0.5) is 5.69 Å². The summed E-state index contributed by atoms with van der Waals surface area (Å²) < 4.78 is 11.9. The zero-order valence-corrected chi connectivity index (χ0v) is 14.2. The number of aromatic nitrogens is 4. The van der Waals surface area contributed by atoms with Gasteiger partial charge in [0, 0.05) is 11.6 Å². The van der Waals surface area contributed by atoms with Crippen LogP contribution in [0.5, 0.6) is 11.5 Å². The average Bonchev–Trinajstić information content (AvgIpc) is 3.17. The van der Waals surface area contributed by atoms with Crippen LogP contribution in [0.15, 0.2) is 42.7 Å². The van der Waals surface area contributed by atoms with E-state index < -0.39 is 0 Å². The number of ether oxygens (including phenoxy) is 2. The van der Waals surface area contributed by atoms with Crippen LogP contribution in [0.3, 0.4) is 0 Å². The van der Waals surface area contributed by atoms with Crippen LogP contribution in [0, 0.1) is 0 Å². The van der Waals surface area contributed by atoms with Gasteiger partial charge in [0.2, 0.25) is 0 Å². The third-order valence-electron chi connectivity index (χ3n) is 3.47. The van der Waals surface area contributed by atoms with E-state index >= 15 is 0 Å². The minimum atomic E-state index is -0.303. The van der Waals surface area contributed by atoms with Gasteiger partial charge in [0.1, 0.15) is 17.8 Å². The van der Waals surface area contributed by atoms with Crippen molar-refractivity contribution in [1.82, 2.24) is 20.2 Å². The molecule has 0 radical (unpaired) electrons. The molecule has 2 aromatic carbocycles. The average molecular weight is 360 g/mol. The number of hydrogen-bond donors (Lipinski definition) is 1. The molecule has 0 unspecified atom stereocenters. The van der Waals surface area contributed by atoms with Crippen LogP contribution in [-0.4, -0.2) is 40.3 Å². The number of rotatable bonds is 5. The summed E-state index contributed by atoms with van der Waals surface area (Å²) in [6, 6.07) is 10.0. The lowest BCUT2D eigenvalue weighted by Crippen LogP contribution is -2.13. The third-order valence-corrected chi connectivity index (χ3v) is 3.76. The number of hydrogen-bond acceptors (Lipinski definition) is 6. The lowest BCUT2D eigenvalue weighted by molar-refractivity contribution is 0.102. The molecule has 0 spiro atoms. The van der Waals surface area contributed by atoms with Crippen LogP contribution in [0.1, 0.15) is 10.4 Å². The largest absolute Gasteiger partial charge is 0.495 e. The minimum Gasteiger partial charge on any atom is -0.495 e. The number of benzene rings is 2. The Morgan fingerprint density at radius 2 is 1.84 bits per heavy atom. The lowest BCUT2D eigenvalue weighted by atomic mass is 10.2. The predicted octanol–water partition coefficient (Wildman–Crippen LogP) is 2.59. The fourth-order valence-corrected chi connectivity index (χ4v) is 2.44. The van der Waals surface area contributed by atoms with E-state index in [-0.39, 0.29) is 5.91 Å². The first-order valence-electron chi connectivity index (χ1n) is 7.18. The summed E-state index contributed by atoms with van der Waals surface area (Å²) in [4.78, 5) is 12.5. The lowest BCUT2D eigenvalue weighted by Gasteiger charge is -2.13. The Kier molecular flexibility index (Phi) is 4.80. The highest BCUT2D eigenvalue weighted by Crippen LogP contribution is 2.36. The van der Waals surface area contributed by atoms with Gasteiger partial charge in [0.05, 0.1) is 30.6 Å². The summed E-state index contributed by atoms with van der Waals surface area (Å²) in [6.07, 6.45) is 1.47. The number of halogens is 1. The first kappa shape index (κ1) is 16.7. The second-order valence-electron chi connectivity index (χ2n) is 4.94. The monoisotopic (exact) mass is 359 g/mol. The van der Waals surface area contributed by atoms with Crippen molar-refractivity contribution in [3.8, 4) is 17.2 Å².